The van der Waals surface area contributed by atoms with Crippen LogP contribution in [0.4, 0.5) is 20.2 Å². The van der Waals surface area contributed by atoms with E-state index in [-0.39, 0.29) is 39.9 Å². The maximum atomic E-state index is 14.4. The van der Waals surface area contributed by atoms with Crippen LogP contribution in [-0.2, 0) is 25.8 Å². The molecule has 0 spiro atoms. The van der Waals surface area contributed by atoms with Crippen LogP contribution in [0.2, 0.25) is 5.02 Å². The molecule has 0 aliphatic heterocycles. The van der Waals surface area contributed by atoms with Crippen molar-refractivity contribution in [3.63, 3.8) is 0 Å². The topological polar surface area (TPSA) is 139 Å². The molecular weight excluding hydrogens is 566 g/mol. The van der Waals surface area contributed by atoms with Crippen molar-refractivity contribution in [2.24, 2.45) is 0 Å². The molecule has 0 amide bonds. The molecule has 2 atom stereocenters. The third-order valence-corrected chi connectivity index (χ3v) is 8.17. The number of anilines is 2. The largest absolute Gasteiger partial charge is 0.755 e. The molecule has 2 aromatic carbocycles. The molecule has 0 radical (unpaired) electrons. The van der Waals surface area contributed by atoms with Crippen LogP contribution in [0.3, 0.4) is 0 Å². The molecule has 2 N–H and O–H groups in total. The summed E-state index contributed by atoms with van der Waals surface area (Å²) in [6.07, 6.45) is -1.05. The summed E-state index contributed by atoms with van der Waals surface area (Å²) in [6, 6.07) is 7.16. The van der Waals surface area contributed by atoms with E-state index in [2.05, 4.69) is 0 Å². The molecule has 0 bridgehead atoms. The Labute approximate surface area is 228 Å². The van der Waals surface area contributed by atoms with E-state index in [4.69, 9.17) is 26.8 Å². The average molecular weight is 596 g/mol. The second kappa shape index (κ2) is 13.0. The molecule has 212 valence electrons. The summed E-state index contributed by atoms with van der Waals surface area (Å²) in [4.78, 5) is 12.7. The van der Waals surface area contributed by atoms with Gasteiger partial charge in [0.2, 0.25) is 5.50 Å². The van der Waals surface area contributed by atoms with E-state index in [0.717, 1.165) is 0 Å². The lowest BCUT2D eigenvalue weighted by Gasteiger charge is -2.28. The number of nitrogen functional groups attached to an aromatic ring is 1. The van der Waals surface area contributed by atoms with Gasteiger partial charge in [0.05, 0.1) is 23.7 Å². The fourth-order valence-corrected chi connectivity index (χ4v) is 5.49. The lowest BCUT2D eigenvalue weighted by molar-refractivity contribution is 0.00696. The normalized spacial score (nSPS) is 13.6. The molecule has 14 heteroatoms. The van der Waals surface area contributed by atoms with Gasteiger partial charge in [0.25, 0.3) is 0 Å². The molecule has 0 saturated carbocycles. The molecule has 0 heterocycles. The van der Waals surface area contributed by atoms with Crippen molar-refractivity contribution in [1.82, 2.24) is 0 Å². The van der Waals surface area contributed by atoms with Crippen molar-refractivity contribution in [3.8, 4) is 11.5 Å². The number of esters is 1. The van der Waals surface area contributed by atoms with Crippen LogP contribution in [0.5, 0.6) is 11.5 Å². The van der Waals surface area contributed by atoms with E-state index in [1.54, 1.807) is 27.7 Å². The molecule has 0 aromatic heterocycles. The predicted molar refractivity (Wildman–Crippen MR) is 142 cm³/mol. The van der Waals surface area contributed by atoms with E-state index < -0.39 is 63.6 Å². The summed E-state index contributed by atoms with van der Waals surface area (Å²) in [5, 5.41) is -0.164. The van der Waals surface area contributed by atoms with Crippen molar-refractivity contribution >= 4 is 50.0 Å². The molecule has 0 saturated heterocycles. The Kier molecular flexibility index (Phi) is 10.9. The first-order valence-electron chi connectivity index (χ1n) is 11.5. The SMILES string of the molecule is Cc1c(Oc2cccc(N(CCC(F)S(=O)(=O)CCCF)S(=O)[O-])c2Cl)ccc(N)c1C(=O)OC(C)(C)C. The summed E-state index contributed by atoms with van der Waals surface area (Å²) in [5.41, 5.74) is 3.36. The number of nitrogens with two attached hydrogens (primary N) is 1. The number of hydrogen-bond donors (Lipinski definition) is 1. The number of hydrogen-bond acceptors (Lipinski definition) is 8. The minimum Gasteiger partial charge on any atom is -0.755 e. The Morgan fingerprint density at radius 2 is 1.89 bits per heavy atom. The van der Waals surface area contributed by atoms with E-state index in [9.17, 15) is 30.8 Å². The minimum atomic E-state index is -4.26. The standard InChI is InChI=1S/C24H31ClF2N2O7S2/c1-15-18(10-9-16(28)21(15)23(30)36-24(2,3)4)35-19-8-5-7-17(22(19)25)29(37(31)32)13-11-20(27)38(33,34)14-6-12-26/h5,7-10,20H,6,11-14,28H2,1-4H3,(H,31,32)/p-1. The van der Waals surface area contributed by atoms with Gasteiger partial charge in [-0.25, -0.2) is 17.6 Å². The Morgan fingerprint density at radius 1 is 1.24 bits per heavy atom. The lowest BCUT2D eigenvalue weighted by atomic mass is 10.0. The Balaban J connectivity index is 2.35. The molecule has 38 heavy (non-hydrogen) atoms. The minimum absolute atomic E-state index is 0.00925. The zero-order valence-electron chi connectivity index (χ0n) is 21.3. The fourth-order valence-electron chi connectivity index (χ4n) is 3.37. The van der Waals surface area contributed by atoms with Gasteiger partial charge in [-0.05, 0) is 58.4 Å². The molecule has 0 fully saturated rings. The number of ether oxygens (including phenoxy) is 2. The average Bonchev–Trinajstić information content (AvgIpc) is 2.80. The maximum Gasteiger partial charge on any atom is 0.341 e. The van der Waals surface area contributed by atoms with Crippen LogP contribution in [0.15, 0.2) is 30.3 Å². The Morgan fingerprint density at radius 3 is 2.47 bits per heavy atom. The van der Waals surface area contributed by atoms with Crippen molar-refractivity contribution in [1.29, 1.82) is 0 Å². The number of nitrogens with zero attached hydrogens (tertiary/aromatic N) is 1. The lowest BCUT2D eigenvalue weighted by Crippen LogP contribution is -2.31. The van der Waals surface area contributed by atoms with Gasteiger partial charge < -0.3 is 24.1 Å². The highest BCUT2D eigenvalue weighted by Gasteiger charge is 2.27. The zero-order chi connectivity index (χ0) is 28.8. The number of benzene rings is 2. The highest BCUT2D eigenvalue weighted by atomic mass is 35.5. The molecule has 9 nitrogen and oxygen atoms in total. The van der Waals surface area contributed by atoms with Crippen molar-refractivity contribution in [3.05, 3.63) is 46.5 Å². The Hall–Kier alpha value is -2.48. The van der Waals surface area contributed by atoms with Crippen LogP contribution in [0.1, 0.15) is 49.5 Å². The van der Waals surface area contributed by atoms with Crippen LogP contribution >= 0.6 is 11.6 Å². The third-order valence-electron chi connectivity index (χ3n) is 5.17. The summed E-state index contributed by atoms with van der Waals surface area (Å²) < 4.78 is 86.4. The highest BCUT2D eigenvalue weighted by molar-refractivity contribution is 7.91. The predicted octanol–water partition coefficient (Wildman–Crippen LogP) is 5.04. The van der Waals surface area contributed by atoms with E-state index >= 15 is 0 Å². The van der Waals surface area contributed by atoms with E-state index in [1.807, 2.05) is 0 Å². The van der Waals surface area contributed by atoms with E-state index in [0.29, 0.717) is 9.87 Å². The van der Waals surface area contributed by atoms with Gasteiger partial charge in [0.1, 0.15) is 22.1 Å². The zero-order valence-corrected chi connectivity index (χ0v) is 23.7. The first-order chi connectivity index (χ1) is 17.6. The summed E-state index contributed by atoms with van der Waals surface area (Å²) in [6.45, 7) is 5.23. The summed E-state index contributed by atoms with van der Waals surface area (Å²) in [7, 11) is -4.26. The van der Waals surface area contributed by atoms with Gasteiger partial charge in [-0.2, -0.15) is 0 Å². The van der Waals surface area contributed by atoms with Crippen molar-refractivity contribution < 1.29 is 40.2 Å². The van der Waals surface area contributed by atoms with Crippen LogP contribution in [-0.4, -0.2) is 53.2 Å². The van der Waals surface area contributed by atoms with Crippen molar-refractivity contribution in [2.75, 3.05) is 29.0 Å². The first kappa shape index (κ1) is 31.7. The van der Waals surface area contributed by atoms with Crippen LogP contribution in [0, 0.1) is 6.92 Å². The monoisotopic (exact) mass is 595 g/mol. The number of rotatable bonds is 12. The van der Waals surface area contributed by atoms with Gasteiger partial charge >= 0.3 is 5.97 Å². The van der Waals surface area contributed by atoms with Gasteiger partial charge in [-0.3, -0.25) is 8.60 Å². The van der Waals surface area contributed by atoms with Crippen LogP contribution < -0.4 is 14.8 Å². The van der Waals surface area contributed by atoms with Gasteiger partial charge in [0, 0.05) is 35.5 Å². The highest BCUT2D eigenvalue weighted by Crippen LogP contribution is 2.39. The smallest absolute Gasteiger partial charge is 0.341 e. The fraction of sp³-hybridized carbons (Fsp3) is 0.458. The number of carbonyl (C=O) groups is 1. The molecule has 2 rings (SSSR count). The third kappa shape index (κ3) is 8.26. The van der Waals surface area contributed by atoms with Crippen LogP contribution in [0.25, 0.3) is 0 Å². The summed E-state index contributed by atoms with van der Waals surface area (Å²) in [5.74, 6) is -1.15. The van der Waals surface area contributed by atoms with Crippen molar-refractivity contribution in [2.45, 2.75) is 51.6 Å². The molecule has 2 unspecified atom stereocenters. The second-order valence-corrected chi connectivity index (χ2v) is 12.8. The number of alkyl halides is 2. The Bertz CT molecular complexity index is 1290. The quantitative estimate of drug-likeness (QED) is 0.204. The van der Waals surface area contributed by atoms with Gasteiger partial charge in [0.15, 0.2) is 9.84 Å². The molecular formula is C24H30ClF2N2O7S2-. The molecule has 0 aliphatic carbocycles. The molecule has 0 aliphatic rings. The number of halogens is 3. The number of carbonyl (C=O) groups excluding carboxylic acids is 1. The van der Waals surface area contributed by atoms with E-state index in [1.165, 1.54) is 30.3 Å². The number of sulfone groups is 1. The maximum absolute atomic E-state index is 14.4. The van der Waals surface area contributed by atoms with Gasteiger partial charge in [-0.1, -0.05) is 17.7 Å². The summed E-state index contributed by atoms with van der Waals surface area (Å²) >= 11 is 3.48. The first-order valence-corrected chi connectivity index (χ1v) is 14.6. The van der Waals surface area contributed by atoms with Gasteiger partial charge in [-0.15, -0.1) is 0 Å². The molecule has 2 aromatic rings. The second-order valence-electron chi connectivity index (χ2n) is 9.27.